The van der Waals surface area contributed by atoms with Crippen LogP contribution in [0.3, 0.4) is 0 Å². The maximum Gasteiger partial charge on any atom is 0.0615 e. The Kier molecular flexibility index (Phi) is 3.57. The molecule has 1 nitrogen and oxygen atoms in total. The molecule has 0 saturated carbocycles. The van der Waals surface area contributed by atoms with E-state index in [-0.39, 0.29) is 0 Å². The Hall–Kier alpha value is -3.32. The molecule has 3 aromatic rings. The first-order valence-electron chi connectivity index (χ1n) is 9.05. The van der Waals surface area contributed by atoms with Crippen molar-refractivity contribution >= 4 is 22.6 Å². The standard InChI is InChI=1S/C25H19N/c1-3-11-19(12-4-1)26(20-13-5-2-6-14-20)25-23-17-9-7-15-21(23)22-16-8-10-18-24(22)25/h1-9,11-18H,10H2. The van der Waals surface area contributed by atoms with Gasteiger partial charge in [0.15, 0.2) is 0 Å². The van der Waals surface area contributed by atoms with Crippen LogP contribution in [-0.2, 0) is 0 Å². The Bertz CT molecular complexity index is 1100. The summed E-state index contributed by atoms with van der Waals surface area (Å²) in [4.78, 5) is 2.39. The number of hydrogen-bond acceptors (Lipinski definition) is 1. The van der Waals surface area contributed by atoms with Gasteiger partial charge in [-0.2, -0.15) is 0 Å². The van der Waals surface area contributed by atoms with Gasteiger partial charge in [0, 0.05) is 22.2 Å². The first-order chi connectivity index (χ1) is 12.9. The number of rotatable bonds is 3. The number of hydrogen-bond donors (Lipinski definition) is 0. The van der Waals surface area contributed by atoms with Gasteiger partial charge >= 0.3 is 0 Å². The summed E-state index contributed by atoms with van der Waals surface area (Å²) in [6, 6.07) is 30.0. The van der Waals surface area contributed by atoms with Gasteiger partial charge in [-0.05, 0) is 41.5 Å². The minimum Gasteiger partial charge on any atom is -0.309 e. The second-order valence-electron chi connectivity index (χ2n) is 6.57. The lowest BCUT2D eigenvalue weighted by molar-refractivity contribution is 1.26. The molecule has 0 spiro atoms. The summed E-state index contributed by atoms with van der Waals surface area (Å²) >= 11 is 0. The van der Waals surface area contributed by atoms with Crippen LogP contribution in [0.2, 0.25) is 0 Å². The topological polar surface area (TPSA) is 3.24 Å². The highest BCUT2D eigenvalue weighted by Crippen LogP contribution is 2.38. The second kappa shape index (κ2) is 6.20. The molecular weight excluding hydrogens is 314 g/mol. The third kappa shape index (κ3) is 2.33. The van der Waals surface area contributed by atoms with Crippen molar-refractivity contribution in [3.8, 4) is 0 Å². The highest BCUT2D eigenvalue weighted by atomic mass is 15.2. The van der Waals surface area contributed by atoms with Crippen molar-refractivity contribution in [3.63, 3.8) is 0 Å². The molecule has 0 unspecified atom stereocenters. The number of allylic oxidation sites excluding steroid dienone is 3. The van der Waals surface area contributed by atoms with Crippen LogP contribution >= 0.6 is 0 Å². The molecule has 5 rings (SSSR count). The molecule has 124 valence electrons. The Labute approximate surface area is 153 Å². The highest BCUT2D eigenvalue weighted by molar-refractivity contribution is 6.01. The number of fused-ring (bicyclic) bond motifs is 2. The van der Waals surface area contributed by atoms with E-state index in [1.807, 2.05) is 0 Å². The third-order valence-electron chi connectivity index (χ3n) is 5.01. The van der Waals surface area contributed by atoms with Gasteiger partial charge in [-0.3, -0.25) is 0 Å². The number of para-hydroxylation sites is 2. The Morgan fingerprint density at radius 3 is 1.85 bits per heavy atom. The van der Waals surface area contributed by atoms with Crippen LogP contribution in [0.4, 0.5) is 11.4 Å². The molecule has 0 aromatic heterocycles. The van der Waals surface area contributed by atoms with Gasteiger partial charge in [-0.25, -0.2) is 0 Å². The molecule has 3 aromatic carbocycles. The quantitative estimate of drug-likeness (QED) is 0.672. The average molecular weight is 333 g/mol. The average Bonchev–Trinajstić information content (AvgIpc) is 3.05. The predicted octanol–water partition coefficient (Wildman–Crippen LogP) is 4.68. The maximum absolute atomic E-state index is 2.39. The zero-order valence-corrected chi connectivity index (χ0v) is 14.5. The molecule has 0 amide bonds. The van der Waals surface area contributed by atoms with E-state index in [1.165, 1.54) is 38.7 Å². The van der Waals surface area contributed by atoms with Crippen LogP contribution in [0.1, 0.15) is 6.42 Å². The summed E-state index contributed by atoms with van der Waals surface area (Å²) in [5.74, 6) is 0. The summed E-state index contributed by atoms with van der Waals surface area (Å²) in [6.45, 7) is 0. The molecule has 0 aliphatic heterocycles. The lowest BCUT2D eigenvalue weighted by Gasteiger charge is -2.29. The van der Waals surface area contributed by atoms with Crippen LogP contribution in [0.25, 0.3) is 11.3 Å². The molecule has 1 heteroatoms. The summed E-state index contributed by atoms with van der Waals surface area (Å²) in [5, 5.41) is 2.62. The summed E-state index contributed by atoms with van der Waals surface area (Å²) in [5.41, 5.74) is 6.30. The zero-order chi connectivity index (χ0) is 17.3. The van der Waals surface area contributed by atoms with E-state index < -0.39 is 0 Å². The van der Waals surface area contributed by atoms with Crippen LogP contribution in [0.15, 0.2) is 109 Å². The minimum atomic E-state index is 0.980. The van der Waals surface area contributed by atoms with Gasteiger partial charge in [0.2, 0.25) is 0 Å². The fourth-order valence-electron chi connectivity index (χ4n) is 3.90. The molecule has 0 heterocycles. The monoisotopic (exact) mass is 333 g/mol. The van der Waals surface area contributed by atoms with Gasteiger partial charge in [-0.1, -0.05) is 78.9 Å². The van der Waals surface area contributed by atoms with Crippen molar-refractivity contribution in [2.45, 2.75) is 6.42 Å². The maximum atomic E-state index is 2.39. The van der Waals surface area contributed by atoms with Gasteiger partial charge in [0.05, 0.1) is 5.70 Å². The van der Waals surface area contributed by atoms with E-state index in [9.17, 15) is 0 Å². The number of anilines is 2. The molecule has 0 saturated heterocycles. The van der Waals surface area contributed by atoms with Gasteiger partial charge < -0.3 is 4.90 Å². The third-order valence-corrected chi connectivity index (χ3v) is 5.01. The van der Waals surface area contributed by atoms with E-state index in [4.69, 9.17) is 0 Å². The molecule has 0 bridgehead atoms. The second-order valence-corrected chi connectivity index (χ2v) is 6.57. The number of nitrogens with zero attached hydrogens (tertiary/aromatic N) is 1. The Balaban J connectivity index is 1.85. The molecular formula is C25H19N. The first kappa shape index (κ1) is 15.0. The van der Waals surface area contributed by atoms with Gasteiger partial charge in [0.1, 0.15) is 0 Å². The van der Waals surface area contributed by atoms with Crippen LogP contribution in [-0.4, -0.2) is 0 Å². The zero-order valence-electron chi connectivity index (χ0n) is 14.5. The predicted molar refractivity (Wildman–Crippen MR) is 109 cm³/mol. The Morgan fingerprint density at radius 1 is 0.615 bits per heavy atom. The van der Waals surface area contributed by atoms with E-state index in [2.05, 4.69) is 108 Å². The lowest BCUT2D eigenvalue weighted by Crippen LogP contribution is -2.28. The van der Waals surface area contributed by atoms with E-state index in [0.717, 1.165) is 6.42 Å². The fourth-order valence-corrected chi connectivity index (χ4v) is 3.90. The smallest absolute Gasteiger partial charge is 0.0615 e. The molecule has 0 atom stereocenters. The Morgan fingerprint density at radius 2 is 1.19 bits per heavy atom. The van der Waals surface area contributed by atoms with E-state index in [0.29, 0.717) is 0 Å². The minimum absolute atomic E-state index is 0.980. The first-order valence-corrected chi connectivity index (χ1v) is 9.05. The van der Waals surface area contributed by atoms with Crippen molar-refractivity contribution in [2.75, 3.05) is 4.90 Å². The lowest BCUT2D eigenvalue weighted by atomic mass is 9.98. The van der Waals surface area contributed by atoms with Crippen molar-refractivity contribution in [2.24, 2.45) is 0 Å². The van der Waals surface area contributed by atoms with E-state index >= 15 is 0 Å². The van der Waals surface area contributed by atoms with Crippen molar-refractivity contribution in [1.82, 2.24) is 0 Å². The summed E-state index contributed by atoms with van der Waals surface area (Å²) in [6.07, 6.45) is 7.85. The normalized spacial score (nSPS) is 14.7. The molecule has 2 aliphatic carbocycles. The highest BCUT2D eigenvalue weighted by Gasteiger charge is 2.25. The summed E-state index contributed by atoms with van der Waals surface area (Å²) in [7, 11) is 0. The molecule has 26 heavy (non-hydrogen) atoms. The molecule has 2 aliphatic rings. The van der Waals surface area contributed by atoms with Crippen LogP contribution in [0.5, 0.6) is 0 Å². The summed E-state index contributed by atoms with van der Waals surface area (Å²) < 4.78 is 0. The van der Waals surface area contributed by atoms with Gasteiger partial charge in [-0.15, -0.1) is 0 Å². The molecule has 0 radical (unpaired) electrons. The molecule has 0 N–H and O–H groups in total. The SMILES string of the molecule is C1=CC2=c3ccccc3=C(N(c3ccccc3)c3ccccc3)C2=CC1. The number of benzene rings is 3. The molecule has 0 fully saturated rings. The largest absolute Gasteiger partial charge is 0.309 e. The van der Waals surface area contributed by atoms with Crippen molar-refractivity contribution in [1.29, 1.82) is 0 Å². The van der Waals surface area contributed by atoms with E-state index in [1.54, 1.807) is 0 Å². The van der Waals surface area contributed by atoms with Crippen molar-refractivity contribution < 1.29 is 0 Å². The van der Waals surface area contributed by atoms with Crippen molar-refractivity contribution in [3.05, 3.63) is 119 Å². The van der Waals surface area contributed by atoms with Crippen LogP contribution < -0.4 is 15.3 Å². The fraction of sp³-hybridized carbons (Fsp3) is 0.0400. The van der Waals surface area contributed by atoms with Gasteiger partial charge in [0.25, 0.3) is 0 Å². The van der Waals surface area contributed by atoms with Crippen LogP contribution in [0, 0.1) is 0 Å².